The van der Waals surface area contributed by atoms with E-state index in [2.05, 4.69) is 36.1 Å². The quantitative estimate of drug-likeness (QED) is 0.251. The molecule has 0 aliphatic heterocycles. The summed E-state index contributed by atoms with van der Waals surface area (Å²) in [6.45, 7) is 1.02. The smallest absolute Gasteiger partial charge is 0.303 e. The van der Waals surface area contributed by atoms with Crippen molar-refractivity contribution in [3.63, 3.8) is 0 Å². The average molecular weight is 488 g/mol. The first kappa shape index (κ1) is 25.1. The lowest BCUT2D eigenvalue weighted by atomic mass is 9.97. The molecule has 0 aliphatic rings. The predicted octanol–water partition coefficient (Wildman–Crippen LogP) is 5.69. The molecule has 0 aliphatic carbocycles. The normalized spacial score (nSPS) is 11.9. The number of aromatic hydroxyl groups is 1. The maximum atomic E-state index is 13.8. The Morgan fingerprint density at radius 2 is 1.78 bits per heavy atom. The van der Waals surface area contributed by atoms with Gasteiger partial charge < -0.3 is 20.1 Å². The molecule has 0 saturated carbocycles. The zero-order chi connectivity index (χ0) is 25.7. The molecule has 0 spiro atoms. The fourth-order valence-electron chi connectivity index (χ4n) is 4.25. The van der Waals surface area contributed by atoms with Gasteiger partial charge in [0.2, 0.25) is 0 Å². The summed E-state index contributed by atoms with van der Waals surface area (Å²) in [6, 6.07) is 19.8. The van der Waals surface area contributed by atoms with E-state index < -0.39 is 11.8 Å². The van der Waals surface area contributed by atoms with Crippen LogP contribution in [0.1, 0.15) is 35.1 Å². The number of fused-ring (bicyclic) bond motifs is 1. The third-order valence-corrected chi connectivity index (χ3v) is 6.05. The lowest BCUT2D eigenvalue weighted by Gasteiger charge is -2.11. The van der Waals surface area contributed by atoms with Crippen molar-refractivity contribution in [1.29, 1.82) is 0 Å². The molecule has 0 unspecified atom stereocenters. The molecule has 0 amide bonds. The lowest BCUT2D eigenvalue weighted by molar-refractivity contribution is -0.136. The molecule has 3 aromatic carbocycles. The zero-order valence-electron chi connectivity index (χ0n) is 20.5. The highest BCUT2D eigenvalue weighted by Gasteiger charge is 2.19. The number of carboxylic acids is 1. The molecule has 7 heteroatoms. The van der Waals surface area contributed by atoms with Crippen LogP contribution < -0.4 is 0 Å². The van der Waals surface area contributed by atoms with Crippen LogP contribution in [0.2, 0.25) is 0 Å². The third-order valence-electron chi connectivity index (χ3n) is 6.05. The van der Waals surface area contributed by atoms with Crippen LogP contribution in [0.4, 0.5) is 10.1 Å². The number of H-pyrrole nitrogens is 1. The van der Waals surface area contributed by atoms with Gasteiger partial charge in [0.1, 0.15) is 5.82 Å². The molecule has 1 aromatic heterocycles. The van der Waals surface area contributed by atoms with Crippen LogP contribution in [0.25, 0.3) is 10.9 Å². The highest BCUT2D eigenvalue weighted by Crippen LogP contribution is 2.32. The number of aliphatic carboxylic acids is 1. The fraction of sp³-hybridized carbons (Fsp3) is 0.241. The second kappa shape index (κ2) is 11.2. The minimum Gasteiger partial charge on any atom is -0.494 e. The SMILES string of the molecule is CN(C)CCCc1ccc(N=C(c2cccc(CCC(=O)O)c2)c2c(O)[nH]c3cc(F)ccc23)cc1. The Hall–Kier alpha value is -3.97. The van der Waals surface area contributed by atoms with Crippen LogP contribution in [-0.2, 0) is 17.6 Å². The van der Waals surface area contributed by atoms with Gasteiger partial charge in [-0.1, -0.05) is 30.3 Å². The maximum Gasteiger partial charge on any atom is 0.303 e. The number of benzene rings is 3. The largest absolute Gasteiger partial charge is 0.494 e. The standard InChI is InChI=1S/C29H30FN3O3/c1-33(2)16-4-6-19-8-12-23(13-9-19)31-28(21-7-3-5-20(17-21)10-15-26(34)35)27-24-14-11-22(30)18-25(24)32-29(27)36/h3,5,7-9,11-14,17-18,32,36H,4,6,10,15-16H2,1-2H3,(H,34,35). The number of aromatic amines is 1. The van der Waals surface area contributed by atoms with Gasteiger partial charge in [0.05, 0.1) is 22.5 Å². The Bertz CT molecular complexity index is 1390. The number of halogens is 1. The summed E-state index contributed by atoms with van der Waals surface area (Å²) in [4.78, 5) is 21.0. The number of hydrogen-bond donors (Lipinski definition) is 3. The van der Waals surface area contributed by atoms with Crippen LogP contribution in [-0.4, -0.2) is 52.4 Å². The Morgan fingerprint density at radius 1 is 1.00 bits per heavy atom. The molecule has 6 nitrogen and oxygen atoms in total. The second-order valence-corrected chi connectivity index (χ2v) is 9.17. The molecular formula is C29H30FN3O3. The number of hydrogen-bond acceptors (Lipinski definition) is 4. The molecule has 3 N–H and O–H groups in total. The van der Waals surface area contributed by atoms with E-state index in [4.69, 9.17) is 10.1 Å². The Labute approximate surface area is 209 Å². The van der Waals surface area contributed by atoms with Gasteiger partial charge >= 0.3 is 5.97 Å². The van der Waals surface area contributed by atoms with Crippen LogP contribution in [0, 0.1) is 5.82 Å². The van der Waals surface area contributed by atoms with E-state index in [1.165, 1.54) is 17.7 Å². The number of nitrogens with one attached hydrogen (secondary N) is 1. The minimum absolute atomic E-state index is 0.0167. The van der Waals surface area contributed by atoms with Crippen molar-refractivity contribution < 1.29 is 19.4 Å². The number of nitrogens with zero attached hydrogens (tertiary/aromatic N) is 2. The van der Waals surface area contributed by atoms with Gasteiger partial charge in [-0.2, -0.15) is 0 Å². The zero-order valence-corrected chi connectivity index (χ0v) is 20.5. The van der Waals surface area contributed by atoms with E-state index in [9.17, 15) is 14.3 Å². The topological polar surface area (TPSA) is 88.9 Å². The first-order chi connectivity index (χ1) is 17.3. The van der Waals surface area contributed by atoms with Gasteiger partial charge in [-0.15, -0.1) is 0 Å². The predicted molar refractivity (Wildman–Crippen MR) is 141 cm³/mol. The summed E-state index contributed by atoms with van der Waals surface area (Å²) in [6.07, 6.45) is 2.42. The Morgan fingerprint density at radius 3 is 2.50 bits per heavy atom. The molecule has 1 heterocycles. The summed E-state index contributed by atoms with van der Waals surface area (Å²) < 4.78 is 13.8. The van der Waals surface area contributed by atoms with Crippen LogP contribution in [0.5, 0.6) is 5.88 Å². The number of aliphatic imine (C=N–C) groups is 1. The second-order valence-electron chi connectivity index (χ2n) is 9.17. The molecule has 36 heavy (non-hydrogen) atoms. The highest BCUT2D eigenvalue weighted by molar-refractivity contribution is 6.21. The van der Waals surface area contributed by atoms with Gasteiger partial charge in [0, 0.05) is 17.4 Å². The van der Waals surface area contributed by atoms with Gasteiger partial charge in [0.25, 0.3) is 0 Å². The van der Waals surface area contributed by atoms with Crippen molar-refractivity contribution in [3.8, 4) is 5.88 Å². The van der Waals surface area contributed by atoms with Crippen molar-refractivity contribution in [1.82, 2.24) is 9.88 Å². The van der Waals surface area contributed by atoms with Crippen molar-refractivity contribution in [2.75, 3.05) is 20.6 Å². The lowest BCUT2D eigenvalue weighted by Crippen LogP contribution is -2.13. The van der Waals surface area contributed by atoms with Gasteiger partial charge in [-0.25, -0.2) is 9.38 Å². The van der Waals surface area contributed by atoms with Gasteiger partial charge in [-0.05, 0) is 87.4 Å². The molecule has 0 bridgehead atoms. The first-order valence-electron chi connectivity index (χ1n) is 11.9. The molecule has 186 valence electrons. The number of aromatic nitrogens is 1. The van der Waals surface area contributed by atoms with E-state index in [0.717, 1.165) is 30.5 Å². The van der Waals surface area contributed by atoms with E-state index in [0.29, 0.717) is 34.3 Å². The summed E-state index contributed by atoms with van der Waals surface area (Å²) in [5.74, 6) is -1.38. The molecule has 0 radical (unpaired) electrons. The minimum atomic E-state index is -0.865. The van der Waals surface area contributed by atoms with Crippen molar-refractivity contribution >= 4 is 28.3 Å². The van der Waals surface area contributed by atoms with E-state index >= 15 is 0 Å². The van der Waals surface area contributed by atoms with Gasteiger partial charge in [-0.3, -0.25) is 4.79 Å². The summed E-state index contributed by atoms with van der Waals surface area (Å²) in [5, 5.41) is 20.6. The van der Waals surface area contributed by atoms with Crippen molar-refractivity contribution in [2.24, 2.45) is 4.99 Å². The van der Waals surface area contributed by atoms with E-state index in [-0.39, 0.29) is 12.3 Å². The molecule has 0 saturated heterocycles. The molecular weight excluding hydrogens is 457 g/mol. The van der Waals surface area contributed by atoms with Crippen LogP contribution >= 0.6 is 0 Å². The Kier molecular flexibility index (Phi) is 7.80. The first-order valence-corrected chi connectivity index (χ1v) is 11.9. The van der Waals surface area contributed by atoms with Crippen LogP contribution in [0.3, 0.4) is 0 Å². The number of aryl methyl sites for hydroxylation is 2. The highest BCUT2D eigenvalue weighted by atomic mass is 19.1. The van der Waals surface area contributed by atoms with Crippen LogP contribution in [0.15, 0.2) is 71.7 Å². The molecule has 0 fully saturated rings. The van der Waals surface area contributed by atoms with Crippen molar-refractivity contribution in [3.05, 3.63) is 94.8 Å². The fourth-order valence-corrected chi connectivity index (χ4v) is 4.25. The monoisotopic (exact) mass is 487 g/mol. The summed E-state index contributed by atoms with van der Waals surface area (Å²) in [5.41, 5.74) is 4.97. The molecule has 0 atom stereocenters. The Balaban J connectivity index is 1.76. The molecule has 4 aromatic rings. The van der Waals surface area contributed by atoms with E-state index in [1.807, 2.05) is 36.4 Å². The number of carbonyl (C=O) groups is 1. The average Bonchev–Trinajstić information content (AvgIpc) is 3.16. The third kappa shape index (κ3) is 6.17. The van der Waals surface area contributed by atoms with Crippen molar-refractivity contribution in [2.45, 2.75) is 25.7 Å². The van der Waals surface area contributed by atoms with E-state index in [1.54, 1.807) is 6.07 Å². The summed E-state index contributed by atoms with van der Waals surface area (Å²) >= 11 is 0. The maximum absolute atomic E-state index is 13.8. The molecule has 4 rings (SSSR count). The summed E-state index contributed by atoms with van der Waals surface area (Å²) in [7, 11) is 4.12. The number of carboxylic acid groups (broad SMARTS) is 1. The van der Waals surface area contributed by atoms with Gasteiger partial charge in [0.15, 0.2) is 5.88 Å². The number of rotatable bonds is 10.